The molecule has 0 saturated carbocycles. The summed E-state index contributed by atoms with van der Waals surface area (Å²) in [6, 6.07) is 18.3. The fraction of sp³-hybridized carbons (Fsp3) is 0.267. The molecule has 1 saturated heterocycles. The Morgan fingerprint density at radius 3 is 2.37 bits per heavy atom. The molecule has 2 aliphatic rings. The minimum absolute atomic E-state index is 0.0597. The summed E-state index contributed by atoms with van der Waals surface area (Å²) in [5.74, 6) is 0.468. The molecule has 4 aromatic rings. The number of nitrogens with zero attached hydrogens (tertiary/aromatic N) is 6. The van der Waals surface area contributed by atoms with Gasteiger partial charge in [0.05, 0.1) is 6.54 Å². The van der Waals surface area contributed by atoms with Crippen LogP contribution in [0, 0.1) is 0 Å². The number of hydrogen-bond acceptors (Lipinski definition) is 7. The maximum absolute atomic E-state index is 13.5. The van der Waals surface area contributed by atoms with Crippen molar-refractivity contribution < 1.29 is 0 Å². The molecular weight excluding hydrogens is 474 g/mol. The van der Waals surface area contributed by atoms with Gasteiger partial charge in [0.1, 0.15) is 5.65 Å². The molecule has 0 radical (unpaired) electrons. The van der Waals surface area contributed by atoms with Crippen molar-refractivity contribution in [2.45, 2.75) is 13.5 Å². The van der Waals surface area contributed by atoms with Gasteiger partial charge in [0.15, 0.2) is 0 Å². The SMILES string of the molecule is CCn1c(=O)c(-c2ccc(C3=CCN=C3)cc2)cc2cnc(Nc3ccc(N4CCN(C)CC4)cc3)nc21. The van der Waals surface area contributed by atoms with E-state index in [0.29, 0.717) is 23.7 Å². The lowest BCUT2D eigenvalue weighted by Crippen LogP contribution is -2.44. The lowest BCUT2D eigenvalue weighted by Gasteiger charge is -2.34. The van der Waals surface area contributed by atoms with E-state index in [2.05, 4.69) is 50.3 Å². The second kappa shape index (κ2) is 10.2. The van der Waals surface area contributed by atoms with Crippen LogP contribution in [0.5, 0.6) is 0 Å². The molecule has 192 valence electrons. The van der Waals surface area contributed by atoms with Gasteiger partial charge in [-0.1, -0.05) is 30.3 Å². The predicted octanol–water partition coefficient (Wildman–Crippen LogP) is 4.44. The van der Waals surface area contributed by atoms with Crippen molar-refractivity contribution >= 4 is 40.1 Å². The highest BCUT2D eigenvalue weighted by molar-refractivity contribution is 6.11. The summed E-state index contributed by atoms with van der Waals surface area (Å²) in [5, 5.41) is 4.13. The maximum Gasteiger partial charge on any atom is 0.260 e. The third-order valence-corrected chi connectivity index (χ3v) is 7.31. The Hall–Kier alpha value is -4.30. The van der Waals surface area contributed by atoms with Gasteiger partial charge in [-0.3, -0.25) is 14.4 Å². The van der Waals surface area contributed by atoms with Crippen LogP contribution in [0.1, 0.15) is 12.5 Å². The summed E-state index contributed by atoms with van der Waals surface area (Å²) in [4.78, 5) is 31.8. The third kappa shape index (κ3) is 4.70. The Labute approximate surface area is 222 Å². The molecule has 0 amide bonds. The molecule has 0 atom stereocenters. The summed E-state index contributed by atoms with van der Waals surface area (Å²) >= 11 is 0. The summed E-state index contributed by atoms with van der Waals surface area (Å²) in [5.41, 5.74) is 6.42. The fourth-order valence-corrected chi connectivity index (χ4v) is 5.06. The number of aromatic nitrogens is 3. The Balaban J connectivity index is 1.26. The number of rotatable bonds is 6. The van der Waals surface area contributed by atoms with Gasteiger partial charge in [-0.15, -0.1) is 0 Å². The molecule has 38 heavy (non-hydrogen) atoms. The first-order chi connectivity index (χ1) is 18.6. The number of anilines is 3. The Kier molecular flexibility index (Phi) is 6.47. The van der Waals surface area contributed by atoms with Crippen LogP contribution >= 0.6 is 0 Å². The van der Waals surface area contributed by atoms with E-state index < -0.39 is 0 Å². The van der Waals surface area contributed by atoms with E-state index in [1.165, 1.54) is 5.69 Å². The predicted molar refractivity (Wildman–Crippen MR) is 156 cm³/mol. The molecular formula is C30H31N7O. The number of aryl methyl sites for hydroxylation is 1. The van der Waals surface area contributed by atoms with E-state index >= 15 is 0 Å². The molecule has 0 spiro atoms. The van der Waals surface area contributed by atoms with Crippen molar-refractivity contribution in [3.63, 3.8) is 0 Å². The zero-order chi connectivity index (χ0) is 26.1. The van der Waals surface area contributed by atoms with Crippen molar-refractivity contribution in [3.05, 3.63) is 82.8 Å². The van der Waals surface area contributed by atoms with Gasteiger partial charge in [-0.25, -0.2) is 4.98 Å². The molecule has 2 aliphatic heterocycles. The van der Waals surface area contributed by atoms with Gasteiger partial charge in [0.25, 0.3) is 5.56 Å². The molecule has 8 heteroatoms. The molecule has 8 nitrogen and oxygen atoms in total. The number of likely N-dealkylation sites (N-methyl/N-ethyl adjacent to an activating group) is 1. The van der Waals surface area contributed by atoms with Crippen LogP contribution in [0.25, 0.3) is 27.7 Å². The first-order valence-corrected chi connectivity index (χ1v) is 13.1. The van der Waals surface area contributed by atoms with Gasteiger partial charge in [0, 0.05) is 67.5 Å². The highest BCUT2D eigenvalue weighted by Crippen LogP contribution is 2.25. The molecule has 1 fully saturated rings. The molecule has 2 aromatic heterocycles. The summed E-state index contributed by atoms with van der Waals surface area (Å²) in [7, 11) is 2.16. The normalized spacial score (nSPS) is 15.7. The van der Waals surface area contributed by atoms with Crippen molar-refractivity contribution in [3.8, 4) is 11.1 Å². The zero-order valence-corrected chi connectivity index (χ0v) is 21.8. The summed E-state index contributed by atoms with van der Waals surface area (Å²) in [6.07, 6.45) is 5.77. The molecule has 0 aliphatic carbocycles. The summed E-state index contributed by atoms with van der Waals surface area (Å²) in [6.45, 7) is 7.42. The average molecular weight is 506 g/mol. The fourth-order valence-electron chi connectivity index (χ4n) is 5.06. The van der Waals surface area contributed by atoms with Gasteiger partial charge in [-0.05, 0) is 61.0 Å². The number of allylic oxidation sites excluding steroid dienone is 1. The minimum atomic E-state index is -0.0597. The molecule has 1 N–H and O–H groups in total. The van der Waals surface area contributed by atoms with Crippen molar-refractivity contribution in [1.82, 2.24) is 19.4 Å². The standard InChI is InChI=1S/C30H31N7O/c1-3-37-28-24(18-27(29(37)38)22-6-4-21(5-7-22)23-12-13-31-19-23)20-32-30(34-28)33-25-8-10-26(11-9-25)36-16-14-35(2)15-17-36/h4-12,18-20H,3,13-17H2,1-2H3,(H,32,33,34). The lowest BCUT2D eigenvalue weighted by molar-refractivity contribution is 0.313. The van der Waals surface area contributed by atoms with Crippen molar-refractivity contribution in [2.24, 2.45) is 4.99 Å². The third-order valence-electron chi connectivity index (χ3n) is 7.31. The van der Waals surface area contributed by atoms with Gasteiger partial charge < -0.3 is 15.1 Å². The number of benzene rings is 2. The quantitative estimate of drug-likeness (QED) is 0.417. The van der Waals surface area contributed by atoms with Crippen LogP contribution < -0.4 is 15.8 Å². The molecule has 0 unspecified atom stereocenters. The van der Waals surface area contributed by atoms with E-state index in [1.807, 2.05) is 55.6 Å². The van der Waals surface area contributed by atoms with E-state index in [1.54, 1.807) is 10.8 Å². The van der Waals surface area contributed by atoms with Crippen LogP contribution in [0.4, 0.5) is 17.3 Å². The molecule has 6 rings (SSSR count). The van der Waals surface area contributed by atoms with E-state index in [0.717, 1.165) is 60.5 Å². The molecule has 2 aromatic carbocycles. The minimum Gasteiger partial charge on any atom is -0.369 e. The maximum atomic E-state index is 13.5. The largest absolute Gasteiger partial charge is 0.369 e. The molecule has 4 heterocycles. The highest BCUT2D eigenvalue weighted by atomic mass is 16.1. The first-order valence-electron chi connectivity index (χ1n) is 13.1. The lowest BCUT2D eigenvalue weighted by atomic mass is 10.0. The van der Waals surface area contributed by atoms with Crippen LogP contribution in [-0.4, -0.2) is 65.4 Å². The number of piperazine rings is 1. The number of hydrogen-bond donors (Lipinski definition) is 1. The van der Waals surface area contributed by atoms with Crippen LogP contribution in [-0.2, 0) is 6.54 Å². The van der Waals surface area contributed by atoms with Gasteiger partial charge in [0.2, 0.25) is 5.95 Å². The number of aliphatic imine (C=N–C) groups is 1. The Bertz CT molecular complexity index is 1580. The van der Waals surface area contributed by atoms with Crippen molar-refractivity contribution in [1.29, 1.82) is 0 Å². The van der Waals surface area contributed by atoms with E-state index in [-0.39, 0.29) is 5.56 Å². The van der Waals surface area contributed by atoms with Crippen LogP contribution in [0.2, 0.25) is 0 Å². The van der Waals surface area contributed by atoms with Crippen molar-refractivity contribution in [2.75, 3.05) is 50.0 Å². The van der Waals surface area contributed by atoms with E-state index in [9.17, 15) is 4.79 Å². The monoisotopic (exact) mass is 505 g/mol. The first kappa shape index (κ1) is 24.1. The highest BCUT2D eigenvalue weighted by Gasteiger charge is 2.15. The average Bonchev–Trinajstić information content (AvgIpc) is 3.49. The Morgan fingerprint density at radius 1 is 0.947 bits per heavy atom. The van der Waals surface area contributed by atoms with E-state index in [4.69, 9.17) is 4.98 Å². The van der Waals surface area contributed by atoms with Crippen LogP contribution in [0.3, 0.4) is 0 Å². The number of nitrogens with one attached hydrogen (secondary N) is 1. The van der Waals surface area contributed by atoms with Gasteiger partial charge >= 0.3 is 0 Å². The molecule has 0 bridgehead atoms. The second-order valence-corrected chi connectivity index (χ2v) is 9.77. The smallest absolute Gasteiger partial charge is 0.260 e. The summed E-state index contributed by atoms with van der Waals surface area (Å²) < 4.78 is 1.72. The number of fused-ring (bicyclic) bond motifs is 1. The zero-order valence-electron chi connectivity index (χ0n) is 21.8. The number of pyridine rings is 1. The topological polar surface area (TPSA) is 78.7 Å². The van der Waals surface area contributed by atoms with Crippen LogP contribution in [0.15, 0.2) is 76.7 Å². The Morgan fingerprint density at radius 2 is 1.68 bits per heavy atom. The second-order valence-electron chi connectivity index (χ2n) is 9.77. The van der Waals surface area contributed by atoms with Gasteiger partial charge in [-0.2, -0.15) is 4.98 Å².